The smallest absolute Gasteiger partial charge is 0.410 e. The Hall–Kier alpha value is -1.21. The van der Waals surface area contributed by atoms with E-state index in [9.17, 15) is 4.79 Å². The Morgan fingerprint density at radius 2 is 2.25 bits per heavy atom. The Balaban J connectivity index is 2.50. The van der Waals surface area contributed by atoms with Crippen LogP contribution in [0.3, 0.4) is 0 Å². The molecule has 20 heavy (non-hydrogen) atoms. The predicted octanol–water partition coefficient (Wildman–Crippen LogP) is 2.78. The van der Waals surface area contributed by atoms with Gasteiger partial charge in [-0.3, -0.25) is 5.32 Å². The zero-order chi connectivity index (χ0) is 15.2. The van der Waals surface area contributed by atoms with Gasteiger partial charge in [-0.15, -0.1) is 6.42 Å². The molecule has 0 spiro atoms. The first-order valence-corrected chi connectivity index (χ1v) is 7.55. The molecule has 2 unspecified atom stereocenters. The summed E-state index contributed by atoms with van der Waals surface area (Å²) < 4.78 is 5.42. The molecular formula is C16H28N2O2. The van der Waals surface area contributed by atoms with Gasteiger partial charge in [0.1, 0.15) is 5.60 Å². The fourth-order valence-electron chi connectivity index (χ4n) is 2.39. The molecule has 0 aromatic rings. The summed E-state index contributed by atoms with van der Waals surface area (Å²) in [7, 11) is 0. The van der Waals surface area contributed by atoms with Gasteiger partial charge in [0, 0.05) is 19.1 Å². The normalized spacial score (nSPS) is 21.1. The van der Waals surface area contributed by atoms with E-state index >= 15 is 0 Å². The summed E-state index contributed by atoms with van der Waals surface area (Å²) in [5.41, 5.74) is -0.443. The van der Waals surface area contributed by atoms with Gasteiger partial charge in [0.25, 0.3) is 0 Å². The molecule has 0 saturated carbocycles. The summed E-state index contributed by atoms with van der Waals surface area (Å²) in [5.74, 6) is 2.79. The van der Waals surface area contributed by atoms with Crippen molar-refractivity contribution in [3.05, 3.63) is 0 Å². The van der Waals surface area contributed by atoms with E-state index in [2.05, 4.69) is 18.2 Å². The molecule has 2 atom stereocenters. The third-order valence-corrected chi connectivity index (χ3v) is 3.29. The molecular weight excluding hydrogens is 252 g/mol. The molecule has 1 rings (SSSR count). The first-order valence-electron chi connectivity index (χ1n) is 7.55. The third-order valence-electron chi connectivity index (χ3n) is 3.29. The predicted molar refractivity (Wildman–Crippen MR) is 81.5 cm³/mol. The number of rotatable bonds is 4. The van der Waals surface area contributed by atoms with E-state index in [0.717, 1.165) is 32.2 Å². The fourth-order valence-corrected chi connectivity index (χ4v) is 2.39. The van der Waals surface area contributed by atoms with Crippen LogP contribution in [0.5, 0.6) is 0 Å². The summed E-state index contributed by atoms with van der Waals surface area (Å²) >= 11 is 0. The second-order valence-corrected chi connectivity index (χ2v) is 6.44. The Morgan fingerprint density at radius 1 is 1.55 bits per heavy atom. The molecule has 1 aliphatic heterocycles. The van der Waals surface area contributed by atoms with E-state index in [1.165, 1.54) is 0 Å². The number of terminal acetylenes is 1. The van der Waals surface area contributed by atoms with Gasteiger partial charge in [0.2, 0.25) is 0 Å². The van der Waals surface area contributed by atoms with Gasteiger partial charge in [-0.2, -0.15) is 0 Å². The van der Waals surface area contributed by atoms with Crippen LogP contribution in [-0.4, -0.2) is 41.8 Å². The average Bonchev–Trinajstić information content (AvgIpc) is 2.36. The van der Waals surface area contributed by atoms with Gasteiger partial charge in [-0.25, -0.2) is 4.79 Å². The Kier molecular flexibility index (Phi) is 6.35. The Labute approximate surface area is 123 Å². The molecule has 0 radical (unpaired) electrons. The number of amides is 1. The van der Waals surface area contributed by atoms with Crippen molar-refractivity contribution in [2.24, 2.45) is 0 Å². The first kappa shape index (κ1) is 16.8. The van der Waals surface area contributed by atoms with Crippen LogP contribution in [0.1, 0.15) is 53.4 Å². The maximum atomic E-state index is 12.1. The van der Waals surface area contributed by atoms with E-state index in [4.69, 9.17) is 11.2 Å². The topological polar surface area (TPSA) is 41.6 Å². The lowest BCUT2D eigenvalue weighted by molar-refractivity contribution is 0.0185. The van der Waals surface area contributed by atoms with Gasteiger partial charge >= 0.3 is 6.09 Å². The van der Waals surface area contributed by atoms with Crippen LogP contribution < -0.4 is 5.32 Å². The van der Waals surface area contributed by atoms with Gasteiger partial charge in [0.15, 0.2) is 0 Å². The van der Waals surface area contributed by atoms with Crippen molar-refractivity contribution in [1.82, 2.24) is 10.2 Å². The van der Waals surface area contributed by atoms with Crippen LogP contribution in [0.25, 0.3) is 0 Å². The molecule has 1 saturated heterocycles. The van der Waals surface area contributed by atoms with Crippen LogP contribution in [0.15, 0.2) is 0 Å². The van der Waals surface area contributed by atoms with Crippen LogP contribution >= 0.6 is 0 Å². The van der Waals surface area contributed by atoms with E-state index in [1.807, 2.05) is 20.8 Å². The molecule has 1 N–H and O–H groups in total. The zero-order valence-corrected chi connectivity index (χ0v) is 13.2. The van der Waals surface area contributed by atoms with Crippen molar-refractivity contribution in [3.8, 4) is 12.3 Å². The highest BCUT2D eigenvalue weighted by Crippen LogP contribution is 2.16. The van der Waals surface area contributed by atoms with E-state index in [0.29, 0.717) is 6.54 Å². The van der Waals surface area contributed by atoms with E-state index in [-0.39, 0.29) is 18.2 Å². The van der Waals surface area contributed by atoms with Gasteiger partial charge in [-0.1, -0.05) is 19.3 Å². The van der Waals surface area contributed by atoms with Crippen molar-refractivity contribution < 1.29 is 9.53 Å². The van der Waals surface area contributed by atoms with Crippen LogP contribution in [0.4, 0.5) is 4.79 Å². The average molecular weight is 280 g/mol. The third kappa shape index (κ3) is 5.83. The summed E-state index contributed by atoms with van der Waals surface area (Å²) in [4.78, 5) is 13.9. The summed E-state index contributed by atoms with van der Waals surface area (Å²) in [6.45, 7) is 9.24. The monoisotopic (exact) mass is 280 g/mol. The second-order valence-electron chi connectivity index (χ2n) is 6.44. The number of nitrogens with one attached hydrogen (secondary N) is 1. The van der Waals surface area contributed by atoms with Gasteiger partial charge in [-0.05, 0) is 40.0 Å². The number of carbonyl (C=O) groups excluding carboxylic acids is 1. The molecule has 114 valence electrons. The first-order chi connectivity index (χ1) is 9.35. The van der Waals surface area contributed by atoms with Crippen molar-refractivity contribution in [2.45, 2.75) is 71.1 Å². The lowest BCUT2D eigenvalue weighted by atomic mass is 10.0. The summed E-state index contributed by atoms with van der Waals surface area (Å²) in [6, 6.07) is 0.368. The largest absolute Gasteiger partial charge is 0.444 e. The highest BCUT2D eigenvalue weighted by molar-refractivity contribution is 5.68. The quantitative estimate of drug-likeness (QED) is 0.805. The maximum absolute atomic E-state index is 12.1. The number of carbonyl (C=O) groups is 1. The number of nitrogens with zero attached hydrogens (tertiary/aromatic N) is 1. The molecule has 1 aliphatic rings. The maximum Gasteiger partial charge on any atom is 0.410 e. The van der Waals surface area contributed by atoms with Gasteiger partial charge in [0.05, 0.1) is 6.04 Å². The van der Waals surface area contributed by atoms with Crippen molar-refractivity contribution >= 4 is 6.09 Å². The molecule has 1 amide bonds. The highest BCUT2D eigenvalue weighted by Gasteiger charge is 2.28. The lowest BCUT2D eigenvalue weighted by Crippen LogP contribution is -2.51. The SMILES string of the molecule is C#CC(CCC)NC1CCCN(C(=O)OC(C)(C)C)C1. The molecule has 1 fully saturated rings. The van der Waals surface area contributed by atoms with Crippen LogP contribution in [-0.2, 0) is 4.74 Å². The minimum atomic E-state index is -0.443. The molecule has 0 bridgehead atoms. The minimum Gasteiger partial charge on any atom is -0.444 e. The summed E-state index contributed by atoms with van der Waals surface area (Å²) in [5, 5.41) is 3.47. The molecule has 0 aliphatic carbocycles. The second kappa shape index (κ2) is 7.54. The number of ether oxygens (including phenoxy) is 1. The highest BCUT2D eigenvalue weighted by atomic mass is 16.6. The summed E-state index contributed by atoms with van der Waals surface area (Å²) in [6.07, 6.45) is 9.39. The van der Waals surface area contributed by atoms with E-state index in [1.54, 1.807) is 4.90 Å². The van der Waals surface area contributed by atoms with Crippen molar-refractivity contribution in [3.63, 3.8) is 0 Å². The number of likely N-dealkylation sites (tertiary alicyclic amines) is 1. The molecule has 4 heteroatoms. The lowest BCUT2D eigenvalue weighted by Gasteiger charge is -2.35. The molecule has 1 heterocycles. The Bertz CT molecular complexity index is 354. The van der Waals surface area contributed by atoms with Crippen LogP contribution in [0.2, 0.25) is 0 Å². The number of piperidine rings is 1. The fraction of sp³-hybridized carbons (Fsp3) is 0.812. The Morgan fingerprint density at radius 3 is 2.80 bits per heavy atom. The zero-order valence-electron chi connectivity index (χ0n) is 13.2. The van der Waals surface area contributed by atoms with Crippen molar-refractivity contribution in [2.75, 3.05) is 13.1 Å². The number of hydrogen-bond acceptors (Lipinski definition) is 3. The van der Waals surface area contributed by atoms with Crippen LogP contribution in [0, 0.1) is 12.3 Å². The van der Waals surface area contributed by atoms with E-state index < -0.39 is 5.60 Å². The standard InChI is InChI=1S/C16H28N2O2/c1-6-9-13(7-2)17-14-10-8-11-18(12-14)15(19)20-16(3,4)5/h2,13-14,17H,6,8-12H2,1,3-5H3. The molecule has 0 aromatic heterocycles. The molecule has 0 aromatic carbocycles. The van der Waals surface area contributed by atoms with Crippen molar-refractivity contribution in [1.29, 1.82) is 0 Å². The molecule has 4 nitrogen and oxygen atoms in total. The minimum absolute atomic E-state index is 0.101. The van der Waals surface area contributed by atoms with Gasteiger partial charge < -0.3 is 9.64 Å². The number of hydrogen-bond donors (Lipinski definition) is 1.